The molecule has 1 saturated heterocycles. The summed E-state index contributed by atoms with van der Waals surface area (Å²) in [6, 6.07) is 25.4. The summed E-state index contributed by atoms with van der Waals surface area (Å²) in [6.07, 6.45) is 1.66. The standard InChI is InChI=1S/C30H24ClNO4S/c1-19-8-3-4-10-22(19)17-32-29(33)27(37-30(32)34)16-20-14-25(31)28(26(15-20)35-2)36-18-23-12-7-11-21-9-5-6-13-24(21)23/h3-16H,17-18H2,1-2H3/b27-16-. The molecule has 37 heavy (non-hydrogen) atoms. The van der Waals surface area contributed by atoms with Crippen LogP contribution in [0.5, 0.6) is 11.5 Å². The number of methoxy groups -OCH3 is 1. The number of aryl methyl sites for hydroxylation is 1. The zero-order valence-corrected chi connectivity index (χ0v) is 21.9. The van der Waals surface area contributed by atoms with Crippen molar-refractivity contribution in [2.45, 2.75) is 20.1 Å². The van der Waals surface area contributed by atoms with Gasteiger partial charge < -0.3 is 9.47 Å². The Morgan fingerprint density at radius 1 is 0.946 bits per heavy atom. The van der Waals surface area contributed by atoms with Crippen LogP contribution in [-0.2, 0) is 17.9 Å². The third kappa shape index (κ3) is 5.22. The molecular formula is C30H24ClNO4S. The van der Waals surface area contributed by atoms with Crippen molar-refractivity contribution in [2.75, 3.05) is 7.11 Å². The van der Waals surface area contributed by atoms with Crippen LogP contribution in [0.25, 0.3) is 16.8 Å². The van der Waals surface area contributed by atoms with Gasteiger partial charge in [-0.3, -0.25) is 14.5 Å². The average molecular weight is 530 g/mol. The third-order valence-corrected chi connectivity index (χ3v) is 7.45. The zero-order chi connectivity index (χ0) is 25.9. The Labute approximate surface area is 224 Å². The second-order valence-electron chi connectivity index (χ2n) is 8.66. The minimum atomic E-state index is -0.329. The average Bonchev–Trinajstić information content (AvgIpc) is 3.16. The van der Waals surface area contributed by atoms with Gasteiger partial charge in [0.1, 0.15) is 6.61 Å². The second-order valence-corrected chi connectivity index (χ2v) is 10.1. The van der Waals surface area contributed by atoms with Gasteiger partial charge in [0.2, 0.25) is 0 Å². The van der Waals surface area contributed by atoms with E-state index in [0.717, 1.165) is 39.2 Å². The minimum Gasteiger partial charge on any atom is -0.493 e. The van der Waals surface area contributed by atoms with E-state index < -0.39 is 0 Å². The molecule has 1 aliphatic rings. The summed E-state index contributed by atoms with van der Waals surface area (Å²) in [6.45, 7) is 2.51. The molecule has 0 saturated carbocycles. The first kappa shape index (κ1) is 24.9. The van der Waals surface area contributed by atoms with Gasteiger partial charge in [0.25, 0.3) is 11.1 Å². The van der Waals surface area contributed by atoms with E-state index in [-0.39, 0.29) is 17.7 Å². The number of amides is 2. The van der Waals surface area contributed by atoms with Crippen LogP contribution in [0.1, 0.15) is 22.3 Å². The Balaban J connectivity index is 1.37. The fourth-order valence-electron chi connectivity index (χ4n) is 4.28. The number of nitrogens with zero attached hydrogens (tertiary/aromatic N) is 1. The molecule has 7 heteroatoms. The lowest BCUT2D eigenvalue weighted by atomic mass is 10.1. The highest BCUT2D eigenvalue weighted by Gasteiger charge is 2.35. The molecule has 186 valence electrons. The summed E-state index contributed by atoms with van der Waals surface area (Å²) in [7, 11) is 1.54. The number of ether oxygens (including phenoxy) is 2. The third-order valence-electron chi connectivity index (χ3n) is 6.26. The summed E-state index contributed by atoms with van der Waals surface area (Å²) in [4.78, 5) is 27.2. The van der Waals surface area contributed by atoms with E-state index >= 15 is 0 Å². The molecule has 0 radical (unpaired) electrons. The van der Waals surface area contributed by atoms with Crippen LogP contribution in [0.2, 0.25) is 5.02 Å². The number of rotatable bonds is 7. The smallest absolute Gasteiger partial charge is 0.293 e. The Hall–Kier alpha value is -3.74. The molecular weight excluding hydrogens is 506 g/mol. The number of carbonyl (C=O) groups is 2. The molecule has 0 aromatic heterocycles. The van der Waals surface area contributed by atoms with Gasteiger partial charge in [0.15, 0.2) is 11.5 Å². The monoisotopic (exact) mass is 529 g/mol. The fraction of sp³-hybridized carbons (Fsp3) is 0.133. The van der Waals surface area contributed by atoms with Crippen molar-refractivity contribution in [1.29, 1.82) is 0 Å². The zero-order valence-electron chi connectivity index (χ0n) is 20.4. The molecule has 0 spiro atoms. The van der Waals surface area contributed by atoms with E-state index in [1.165, 1.54) is 12.0 Å². The molecule has 0 unspecified atom stereocenters. The van der Waals surface area contributed by atoms with Crippen molar-refractivity contribution in [3.63, 3.8) is 0 Å². The largest absolute Gasteiger partial charge is 0.493 e. The van der Waals surface area contributed by atoms with Crippen molar-refractivity contribution >= 4 is 51.4 Å². The maximum Gasteiger partial charge on any atom is 0.293 e. The van der Waals surface area contributed by atoms with Crippen LogP contribution in [-0.4, -0.2) is 23.2 Å². The Morgan fingerprint density at radius 3 is 2.49 bits per heavy atom. The van der Waals surface area contributed by atoms with Crippen LogP contribution in [0.3, 0.4) is 0 Å². The molecule has 0 N–H and O–H groups in total. The van der Waals surface area contributed by atoms with Crippen molar-refractivity contribution in [3.8, 4) is 11.5 Å². The molecule has 0 bridgehead atoms. The van der Waals surface area contributed by atoms with E-state index in [9.17, 15) is 9.59 Å². The molecule has 2 amide bonds. The summed E-state index contributed by atoms with van der Waals surface area (Å²) in [5.41, 5.74) is 3.63. The molecule has 1 heterocycles. The quantitative estimate of drug-likeness (QED) is 0.230. The number of hydrogen-bond donors (Lipinski definition) is 0. The number of thioether (sulfide) groups is 1. The maximum absolute atomic E-state index is 13.0. The van der Waals surface area contributed by atoms with Gasteiger partial charge in [-0.15, -0.1) is 0 Å². The van der Waals surface area contributed by atoms with E-state index in [2.05, 4.69) is 18.2 Å². The second kappa shape index (κ2) is 10.7. The molecule has 0 atom stereocenters. The number of halogens is 1. The van der Waals surface area contributed by atoms with Crippen LogP contribution in [0.4, 0.5) is 4.79 Å². The van der Waals surface area contributed by atoms with E-state index in [0.29, 0.717) is 33.6 Å². The summed E-state index contributed by atoms with van der Waals surface area (Å²) in [5, 5.41) is 2.30. The fourth-order valence-corrected chi connectivity index (χ4v) is 5.39. The number of benzene rings is 4. The molecule has 5 nitrogen and oxygen atoms in total. The maximum atomic E-state index is 13.0. The highest BCUT2D eigenvalue weighted by atomic mass is 35.5. The van der Waals surface area contributed by atoms with Gasteiger partial charge in [-0.2, -0.15) is 0 Å². The highest BCUT2D eigenvalue weighted by molar-refractivity contribution is 8.18. The normalized spacial score (nSPS) is 14.6. The number of hydrogen-bond acceptors (Lipinski definition) is 5. The van der Waals surface area contributed by atoms with Gasteiger partial charge in [0.05, 0.1) is 23.6 Å². The number of fused-ring (bicyclic) bond motifs is 1. The van der Waals surface area contributed by atoms with Crippen molar-refractivity contribution < 1.29 is 19.1 Å². The SMILES string of the molecule is COc1cc(/C=C2\SC(=O)N(Cc3ccccc3C)C2=O)cc(Cl)c1OCc1cccc2ccccc12. The summed E-state index contributed by atoms with van der Waals surface area (Å²) >= 11 is 7.52. The predicted molar refractivity (Wildman–Crippen MR) is 149 cm³/mol. The lowest BCUT2D eigenvalue weighted by molar-refractivity contribution is -0.123. The summed E-state index contributed by atoms with van der Waals surface area (Å²) < 4.78 is 11.7. The van der Waals surface area contributed by atoms with Crippen LogP contribution >= 0.6 is 23.4 Å². The molecule has 1 fully saturated rings. The van der Waals surface area contributed by atoms with E-state index in [1.54, 1.807) is 18.2 Å². The van der Waals surface area contributed by atoms with Crippen LogP contribution < -0.4 is 9.47 Å². The van der Waals surface area contributed by atoms with E-state index in [4.69, 9.17) is 21.1 Å². The first-order valence-electron chi connectivity index (χ1n) is 11.7. The first-order valence-corrected chi connectivity index (χ1v) is 12.9. The summed E-state index contributed by atoms with van der Waals surface area (Å²) in [5.74, 6) is 0.532. The van der Waals surface area contributed by atoms with E-state index in [1.807, 2.05) is 55.5 Å². The molecule has 1 aliphatic heterocycles. The van der Waals surface area contributed by atoms with Gasteiger partial charge in [-0.25, -0.2) is 0 Å². The lowest BCUT2D eigenvalue weighted by Gasteiger charge is -2.15. The van der Waals surface area contributed by atoms with Gasteiger partial charge in [0, 0.05) is 0 Å². The van der Waals surface area contributed by atoms with Gasteiger partial charge >= 0.3 is 0 Å². The van der Waals surface area contributed by atoms with Gasteiger partial charge in [-0.1, -0.05) is 78.3 Å². The van der Waals surface area contributed by atoms with Gasteiger partial charge in [-0.05, 0) is 69.9 Å². The van der Waals surface area contributed by atoms with Crippen LogP contribution in [0, 0.1) is 6.92 Å². The Bertz CT molecular complexity index is 1540. The lowest BCUT2D eigenvalue weighted by Crippen LogP contribution is -2.27. The highest BCUT2D eigenvalue weighted by Crippen LogP contribution is 2.40. The first-order chi connectivity index (χ1) is 17.9. The number of carbonyl (C=O) groups excluding carboxylic acids is 2. The Morgan fingerprint density at radius 2 is 1.68 bits per heavy atom. The molecule has 0 aliphatic carbocycles. The molecule has 4 aromatic carbocycles. The topological polar surface area (TPSA) is 55.8 Å². The van der Waals surface area contributed by atoms with Crippen molar-refractivity contribution in [1.82, 2.24) is 4.90 Å². The van der Waals surface area contributed by atoms with Crippen molar-refractivity contribution in [2.24, 2.45) is 0 Å². The molecule has 5 rings (SSSR count). The van der Waals surface area contributed by atoms with Crippen molar-refractivity contribution in [3.05, 3.63) is 111 Å². The Kier molecular flexibility index (Phi) is 7.22. The minimum absolute atomic E-state index is 0.236. The number of imide groups is 1. The van der Waals surface area contributed by atoms with Crippen LogP contribution in [0.15, 0.2) is 83.8 Å². The molecule has 4 aromatic rings. The predicted octanol–water partition coefficient (Wildman–Crippen LogP) is 7.63.